The minimum absolute atomic E-state index is 0.0655. The second kappa shape index (κ2) is 8.33. The van der Waals surface area contributed by atoms with E-state index < -0.39 is 0 Å². The third-order valence-corrected chi connectivity index (χ3v) is 4.83. The number of hydrogen-bond acceptors (Lipinski definition) is 3. The van der Waals surface area contributed by atoms with E-state index >= 15 is 0 Å². The van der Waals surface area contributed by atoms with Crippen molar-refractivity contribution < 1.29 is 9.59 Å². The zero-order valence-corrected chi connectivity index (χ0v) is 16.0. The Balaban J connectivity index is 1.51. The number of carbonyl (C=O) groups is 2. The number of nitrogens with zero attached hydrogens (tertiary/aromatic N) is 1. The molecule has 1 aliphatic rings. The van der Waals surface area contributed by atoms with Crippen LogP contribution in [0.3, 0.4) is 0 Å². The summed E-state index contributed by atoms with van der Waals surface area (Å²) < 4.78 is 1.15. The van der Waals surface area contributed by atoms with Crippen molar-refractivity contribution in [3.8, 4) is 0 Å². The fraction of sp³-hybridized carbons (Fsp3) is 0.263. The van der Waals surface area contributed by atoms with Gasteiger partial charge in [-0.2, -0.15) is 0 Å². The highest BCUT2D eigenvalue weighted by molar-refractivity contribution is 14.1. The van der Waals surface area contributed by atoms with Gasteiger partial charge in [-0.1, -0.05) is 0 Å². The van der Waals surface area contributed by atoms with Gasteiger partial charge in [0, 0.05) is 33.6 Å². The molecule has 0 saturated carbocycles. The number of hydrogen-bond donors (Lipinski definition) is 2. The summed E-state index contributed by atoms with van der Waals surface area (Å²) in [4.78, 5) is 26.2. The van der Waals surface area contributed by atoms with Crippen LogP contribution in [0.15, 0.2) is 48.5 Å². The van der Waals surface area contributed by atoms with E-state index in [0.29, 0.717) is 11.3 Å². The van der Waals surface area contributed by atoms with Crippen LogP contribution < -0.4 is 10.6 Å². The SMILES string of the molecule is O=C(CNc1ccc(I)cc1)Nc1ccc(C(=O)N2CCCC2)cc1. The maximum Gasteiger partial charge on any atom is 0.253 e. The van der Waals surface area contributed by atoms with Gasteiger partial charge in [-0.25, -0.2) is 0 Å². The number of amides is 2. The summed E-state index contributed by atoms with van der Waals surface area (Å²) in [5.41, 5.74) is 2.26. The monoisotopic (exact) mass is 449 g/mol. The molecule has 1 saturated heterocycles. The second-order valence-corrected chi connectivity index (χ2v) is 7.23. The molecule has 1 heterocycles. The van der Waals surface area contributed by atoms with Crippen molar-refractivity contribution in [3.05, 3.63) is 57.7 Å². The van der Waals surface area contributed by atoms with Gasteiger partial charge < -0.3 is 15.5 Å². The predicted molar refractivity (Wildman–Crippen MR) is 108 cm³/mol. The first-order chi connectivity index (χ1) is 12.1. The summed E-state index contributed by atoms with van der Waals surface area (Å²) >= 11 is 2.24. The molecule has 6 heteroatoms. The van der Waals surface area contributed by atoms with E-state index in [9.17, 15) is 9.59 Å². The molecule has 2 aromatic carbocycles. The Hall–Kier alpha value is -2.09. The number of rotatable bonds is 5. The average Bonchev–Trinajstić information content (AvgIpc) is 3.16. The lowest BCUT2D eigenvalue weighted by Crippen LogP contribution is -2.27. The fourth-order valence-corrected chi connectivity index (χ4v) is 3.11. The molecule has 0 unspecified atom stereocenters. The van der Waals surface area contributed by atoms with Crippen LogP contribution in [0.1, 0.15) is 23.2 Å². The molecule has 2 amide bonds. The lowest BCUT2D eigenvalue weighted by Gasteiger charge is -2.15. The van der Waals surface area contributed by atoms with Crippen molar-refractivity contribution in [2.45, 2.75) is 12.8 Å². The molecule has 1 aliphatic heterocycles. The molecule has 2 N–H and O–H groups in total. The molecule has 130 valence electrons. The molecule has 0 aliphatic carbocycles. The van der Waals surface area contributed by atoms with Crippen LogP contribution in [0.4, 0.5) is 11.4 Å². The van der Waals surface area contributed by atoms with Crippen LogP contribution in [-0.4, -0.2) is 36.3 Å². The minimum Gasteiger partial charge on any atom is -0.376 e. The van der Waals surface area contributed by atoms with Gasteiger partial charge >= 0.3 is 0 Å². The Morgan fingerprint density at radius 1 is 0.920 bits per heavy atom. The Labute approximate surface area is 160 Å². The third kappa shape index (κ3) is 4.94. The highest BCUT2D eigenvalue weighted by Crippen LogP contribution is 2.15. The molecule has 0 aromatic heterocycles. The summed E-state index contributed by atoms with van der Waals surface area (Å²) in [6.45, 7) is 1.86. The maximum absolute atomic E-state index is 12.3. The van der Waals surface area contributed by atoms with E-state index in [4.69, 9.17) is 0 Å². The van der Waals surface area contributed by atoms with Gasteiger partial charge in [0.15, 0.2) is 0 Å². The van der Waals surface area contributed by atoms with Crippen LogP contribution in [0, 0.1) is 3.57 Å². The van der Waals surface area contributed by atoms with E-state index in [1.165, 1.54) is 0 Å². The van der Waals surface area contributed by atoms with Crippen molar-refractivity contribution in [2.75, 3.05) is 30.3 Å². The summed E-state index contributed by atoms with van der Waals surface area (Å²) in [5.74, 6) is -0.0621. The Morgan fingerprint density at radius 3 is 2.16 bits per heavy atom. The van der Waals surface area contributed by atoms with Crippen molar-refractivity contribution in [1.29, 1.82) is 0 Å². The zero-order chi connectivity index (χ0) is 17.6. The number of halogens is 1. The fourth-order valence-electron chi connectivity index (χ4n) is 2.75. The van der Waals surface area contributed by atoms with Crippen molar-refractivity contribution in [1.82, 2.24) is 4.90 Å². The third-order valence-electron chi connectivity index (χ3n) is 4.11. The number of carbonyl (C=O) groups excluding carboxylic acids is 2. The number of nitrogens with one attached hydrogen (secondary N) is 2. The van der Waals surface area contributed by atoms with Gasteiger partial charge in [0.2, 0.25) is 5.91 Å². The minimum atomic E-state index is -0.128. The highest BCUT2D eigenvalue weighted by atomic mass is 127. The first kappa shape index (κ1) is 17.7. The summed E-state index contributed by atoms with van der Waals surface area (Å²) in [6, 6.07) is 14.9. The smallest absolute Gasteiger partial charge is 0.253 e. The van der Waals surface area contributed by atoms with Crippen LogP contribution >= 0.6 is 22.6 Å². The van der Waals surface area contributed by atoms with Crippen molar-refractivity contribution >= 4 is 45.8 Å². The maximum atomic E-state index is 12.3. The van der Waals surface area contributed by atoms with E-state index in [-0.39, 0.29) is 18.4 Å². The van der Waals surface area contributed by atoms with E-state index in [1.54, 1.807) is 24.3 Å². The summed E-state index contributed by atoms with van der Waals surface area (Å²) in [7, 11) is 0. The Kier molecular flexibility index (Phi) is 5.91. The molecular formula is C19H20IN3O2. The topological polar surface area (TPSA) is 61.4 Å². The largest absolute Gasteiger partial charge is 0.376 e. The predicted octanol–water partition coefficient (Wildman–Crippen LogP) is 3.58. The van der Waals surface area contributed by atoms with Crippen LogP contribution in [0.2, 0.25) is 0 Å². The first-order valence-corrected chi connectivity index (χ1v) is 9.38. The zero-order valence-electron chi connectivity index (χ0n) is 13.8. The first-order valence-electron chi connectivity index (χ1n) is 8.30. The van der Waals surface area contributed by atoms with Gasteiger partial charge in [0.05, 0.1) is 6.54 Å². The van der Waals surface area contributed by atoms with Gasteiger partial charge in [-0.3, -0.25) is 9.59 Å². The van der Waals surface area contributed by atoms with Crippen LogP contribution in [-0.2, 0) is 4.79 Å². The normalized spacial score (nSPS) is 13.6. The number of benzene rings is 2. The van der Waals surface area contributed by atoms with Gasteiger partial charge in [-0.05, 0) is 84.0 Å². The second-order valence-electron chi connectivity index (χ2n) is 5.99. The molecule has 0 spiro atoms. The van der Waals surface area contributed by atoms with Crippen molar-refractivity contribution in [3.63, 3.8) is 0 Å². The standard InChI is InChI=1S/C19H20IN3O2/c20-15-5-9-16(10-6-15)21-13-18(24)22-17-7-3-14(4-8-17)19(25)23-11-1-2-12-23/h3-10,21H,1-2,11-13H2,(H,22,24). The molecule has 5 nitrogen and oxygen atoms in total. The highest BCUT2D eigenvalue weighted by Gasteiger charge is 2.19. The molecule has 3 rings (SSSR count). The molecule has 0 bridgehead atoms. The quantitative estimate of drug-likeness (QED) is 0.687. The van der Waals surface area contributed by atoms with Crippen LogP contribution in [0.5, 0.6) is 0 Å². The molecular weight excluding hydrogens is 429 g/mol. The Morgan fingerprint density at radius 2 is 1.52 bits per heavy atom. The lowest BCUT2D eigenvalue weighted by molar-refractivity contribution is -0.114. The van der Waals surface area contributed by atoms with Gasteiger partial charge in [-0.15, -0.1) is 0 Å². The molecule has 25 heavy (non-hydrogen) atoms. The van der Waals surface area contributed by atoms with Crippen molar-refractivity contribution in [2.24, 2.45) is 0 Å². The average molecular weight is 449 g/mol. The van der Waals surface area contributed by atoms with E-state index in [1.807, 2.05) is 29.2 Å². The molecule has 0 radical (unpaired) electrons. The lowest BCUT2D eigenvalue weighted by atomic mass is 10.2. The molecule has 1 fully saturated rings. The summed E-state index contributed by atoms with van der Waals surface area (Å²) in [6.07, 6.45) is 2.15. The number of anilines is 2. The molecule has 2 aromatic rings. The molecule has 0 atom stereocenters. The van der Waals surface area contributed by atoms with E-state index in [2.05, 4.69) is 33.2 Å². The summed E-state index contributed by atoms with van der Waals surface area (Å²) in [5, 5.41) is 5.91. The number of likely N-dealkylation sites (tertiary alicyclic amines) is 1. The van der Waals surface area contributed by atoms with Gasteiger partial charge in [0.25, 0.3) is 5.91 Å². The van der Waals surface area contributed by atoms with Crippen LogP contribution in [0.25, 0.3) is 0 Å². The van der Waals surface area contributed by atoms with Gasteiger partial charge in [0.1, 0.15) is 0 Å². The van der Waals surface area contributed by atoms with E-state index in [0.717, 1.165) is 35.2 Å². The Bertz CT molecular complexity index is 738.